The number of halogens is 2. The zero-order valence-electron chi connectivity index (χ0n) is 13.5. The number of hydrogen-bond donors (Lipinski definition) is 1. The first-order chi connectivity index (χ1) is 10.8. The molecule has 122 valence electrons. The van der Waals surface area contributed by atoms with Crippen molar-refractivity contribution >= 4 is 19.2 Å². The minimum atomic E-state index is -2.59. The Morgan fingerprint density at radius 2 is 2.09 bits per heavy atom. The van der Waals surface area contributed by atoms with Crippen LogP contribution in [0.15, 0.2) is 18.2 Å². The van der Waals surface area contributed by atoms with Crippen LogP contribution in [0.2, 0.25) is 19.6 Å². The number of nitrogens with zero attached hydrogens (tertiary/aromatic N) is 1. The summed E-state index contributed by atoms with van der Waals surface area (Å²) in [5.41, 5.74) is 1.16. The van der Waals surface area contributed by atoms with Gasteiger partial charge in [0.05, 0.1) is 17.3 Å². The van der Waals surface area contributed by atoms with E-state index in [0.717, 1.165) is 22.9 Å². The molecule has 23 heavy (non-hydrogen) atoms. The van der Waals surface area contributed by atoms with E-state index in [1.807, 2.05) is 19.6 Å². The lowest BCUT2D eigenvalue weighted by atomic mass is 9.83. The predicted octanol–water partition coefficient (Wildman–Crippen LogP) is 4.69. The summed E-state index contributed by atoms with van der Waals surface area (Å²) >= 11 is 0. The van der Waals surface area contributed by atoms with Gasteiger partial charge in [-0.15, -0.1) is 0 Å². The number of fused-ring (bicyclic) bond motifs is 3. The molecule has 0 radical (unpaired) electrons. The zero-order chi connectivity index (χ0) is 16.8. The van der Waals surface area contributed by atoms with Crippen LogP contribution < -0.4 is 0 Å². The summed E-state index contributed by atoms with van der Waals surface area (Å²) in [5.74, 6) is 0. The summed E-state index contributed by atoms with van der Waals surface area (Å²) in [4.78, 5) is 3.17. The maximum atomic E-state index is 14.1. The molecule has 1 N–H and O–H groups in total. The minimum Gasteiger partial charge on any atom is -0.402 e. The molecule has 0 bridgehead atoms. The molecular formula is C17H20F2N2OSi. The highest BCUT2D eigenvalue weighted by Crippen LogP contribution is 2.46. The second-order valence-electron chi connectivity index (χ2n) is 7.11. The van der Waals surface area contributed by atoms with E-state index < -0.39 is 20.3 Å². The summed E-state index contributed by atoms with van der Waals surface area (Å²) < 4.78 is 34.2. The number of H-pyrrole nitrogens is 1. The maximum Gasteiger partial charge on any atom is 0.271 e. The molecule has 1 aromatic heterocycles. The van der Waals surface area contributed by atoms with Crippen LogP contribution in [0.5, 0.6) is 0 Å². The summed E-state index contributed by atoms with van der Waals surface area (Å²) in [5, 5.41) is 9.95. The van der Waals surface area contributed by atoms with Crippen LogP contribution in [-0.4, -0.2) is 19.7 Å². The number of aromatic nitrogens is 1. The molecule has 0 amide bonds. The molecule has 3 nitrogen and oxygen atoms in total. The average molecular weight is 334 g/mol. The normalized spacial score (nSPS) is 21.4. The molecule has 1 heterocycles. The molecule has 3 rings (SSSR count). The average Bonchev–Trinajstić information content (AvgIpc) is 2.84. The number of alkyl halides is 2. The Hall–Kier alpha value is -1.71. The highest BCUT2D eigenvalue weighted by Gasteiger charge is 2.49. The van der Waals surface area contributed by atoms with Crippen molar-refractivity contribution < 1.29 is 13.2 Å². The van der Waals surface area contributed by atoms with Gasteiger partial charge >= 0.3 is 0 Å². The van der Waals surface area contributed by atoms with Gasteiger partial charge in [0.2, 0.25) is 0 Å². The molecule has 1 aliphatic carbocycles. The Morgan fingerprint density at radius 1 is 1.35 bits per heavy atom. The van der Waals surface area contributed by atoms with E-state index in [4.69, 9.17) is 9.69 Å². The van der Waals surface area contributed by atoms with E-state index in [-0.39, 0.29) is 0 Å². The zero-order valence-corrected chi connectivity index (χ0v) is 14.5. The SMILES string of the molecule is C[Si](C)(C)OC1(C(F)F)CCCc2c1[nH]c1ccc(C#N)cc21. The van der Waals surface area contributed by atoms with E-state index in [1.54, 1.807) is 18.2 Å². The van der Waals surface area contributed by atoms with Crippen LogP contribution in [0, 0.1) is 11.3 Å². The van der Waals surface area contributed by atoms with Gasteiger partial charge in [-0.25, -0.2) is 8.78 Å². The Balaban J connectivity index is 2.23. The smallest absolute Gasteiger partial charge is 0.271 e. The number of hydrogen-bond acceptors (Lipinski definition) is 2. The number of rotatable bonds is 3. The molecule has 1 aromatic carbocycles. The second kappa shape index (κ2) is 5.43. The van der Waals surface area contributed by atoms with Crippen LogP contribution in [0.3, 0.4) is 0 Å². The lowest BCUT2D eigenvalue weighted by molar-refractivity contribution is -0.100. The van der Waals surface area contributed by atoms with Gasteiger partial charge in [0.1, 0.15) is 0 Å². The highest BCUT2D eigenvalue weighted by atomic mass is 28.4. The number of aromatic amines is 1. The molecule has 0 spiro atoms. The topological polar surface area (TPSA) is 48.8 Å². The number of aryl methyl sites for hydroxylation is 1. The van der Waals surface area contributed by atoms with Gasteiger partial charge in [-0.2, -0.15) is 5.26 Å². The van der Waals surface area contributed by atoms with Crippen LogP contribution >= 0.6 is 0 Å². The van der Waals surface area contributed by atoms with Gasteiger partial charge in [0, 0.05) is 10.9 Å². The summed E-state index contributed by atoms with van der Waals surface area (Å²) in [6.07, 6.45) is -0.879. The van der Waals surface area contributed by atoms with E-state index in [9.17, 15) is 8.78 Å². The molecule has 0 fully saturated rings. The van der Waals surface area contributed by atoms with Crippen molar-refractivity contribution in [3.8, 4) is 6.07 Å². The fourth-order valence-electron chi connectivity index (χ4n) is 3.50. The van der Waals surface area contributed by atoms with Gasteiger partial charge in [-0.3, -0.25) is 0 Å². The van der Waals surface area contributed by atoms with Crippen molar-refractivity contribution in [2.45, 2.75) is 50.9 Å². The molecule has 1 unspecified atom stereocenters. The van der Waals surface area contributed by atoms with Crippen molar-refractivity contribution in [2.75, 3.05) is 0 Å². The van der Waals surface area contributed by atoms with Crippen molar-refractivity contribution in [3.63, 3.8) is 0 Å². The molecule has 1 atom stereocenters. The third-order valence-electron chi connectivity index (χ3n) is 4.27. The first-order valence-electron chi connectivity index (χ1n) is 7.80. The lowest BCUT2D eigenvalue weighted by Crippen LogP contribution is -2.47. The third-order valence-corrected chi connectivity index (χ3v) is 5.25. The summed E-state index contributed by atoms with van der Waals surface area (Å²) in [6, 6.07) is 7.38. The molecule has 0 aliphatic heterocycles. The lowest BCUT2D eigenvalue weighted by Gasteiger charge is -2.41. The van der Waals surface area contributed by atoms with Crippen molar-refractivity contribution in [1.82, 2.24) is 4.98 Å². The van der Waals surface area contributed by atoms with E-state index in [2.05, 4.69) is 11.1 Å². The van der Waals surface area contributed by atoms with Crippen molar-refractivity contribution in [1.29, 1.82) is 5.26 Å². The Kier molecular flexibility index (Phi) is 3.81. The van der Waals surface area contributed by atoms with Crippen LogP contribution in [0.1, 0.15) is 29.7 Å². The van der Waals surface area contributed by atoms with Gasteiger partial charge in [0.15, 0.2) is 13.9 Å². The van der Waals surface area contributed by atoms with Crippen molar-refractivity contribution in [2.24, 2.45) is 0 Å². The molecule has 1 aliphatic rings. The standard InChI is InChI=1S/C17H20F2N2OSi/c1-23(2,3)22-17(16(18)19)8-4-5-12-13-9-11(10-20)6-7-14(13)21-15(12)17/h6-7,9,16,21H,4-5,8H2,1-3H3. The van der Waals surface area contributed by atoms with E-state index in [1.165, 1.54) is 0 Å². The van der Waals surface area contributed by atoms with Crippen molar-refractivity contribution in [3.05, 3.63) is 35.0 Å². The number of nitrogens with one attached hydrogen (secondary N) is 1. The second-order valence-corrected chi connectivity index (χ2v) is 11.5. The monoisotopic (exact) mass is 334 g/mol. The number of nitriles is 1. The van der Waals surface area contributed by atoms with Crippen LogP contribution in [-0.2, 0) is 16.4 Å². The fraction of sp³-hybridized carbons (Fsp3) is 0.471. The minimum absolute atomic E-state index is 0.319. The van der Waals surface area contributed by atoms with Gasteiger partial charge in [-0.05, 0) is 62.7 Å². The summed E-state index contributed by atoms with van der Waals surface area (Å²) in [6.45, 7) is 5.80. The molecule has 6 heteroatoms. The fourth-order valence-corrected chi connectivity index (χ4v) is 4.89. The molecular weight excluding hydrogens is 314 g/mol. The quantitative estimate of drug-likeness (QED) is 0.828. The van der Waals surface area contributed by atoms with Crippen LogP contribution in [0.4, 0.5) is 8.78 Å². The van der Waals surface area contributed by atoms with Gasteiger partial charge in [-0.1, -0.05) is 0 Å². The molecule has 0 saturated carbocycles. The Bertz CT molecular complexity index is 788. The Labute approximate surface area is 135 Å². The van der Waals surface area contributed by atoms with Crippen LogP contribution in [0.25, 0.3) is 10.9 Å². The third kappa shape index (κ3) is 2.68. The first-order valence-corrected chi connectivity index (χ1v) is 11.2. The number of benzene rings is 1. The molecule has 0 saturated heterocycles. The van der Waals surface area contributed by atoms with Gasteiger partial charge < -0.3 is 9.41 Å². The van der Waals surface area contributed by atoms with Gasteiger partial charge in [0.25, 0.3) is 6.43 Å². The highest BCUT2D eigenvalue weighted by molar-refractivity contribution is 6.69. The Morgan fingerprint density at radius 3 is 2.70 bits per heavy atom. The predicted molar refractivity (Wildman–Crippen MR) is 88.1 cm³/mol. The summed E-state index contributed by atoms with van der Waals surface area (Å²) in [7, 11) is -2.17. The van der Waals surface area contributed by atoms with E-state index >= 15 is 0 Å². The molecule has 2 aromatic rings. The maximum absolute atomic E-state index is 14.1. The van der Waals surface area contributed by atoms with E-state index in [0.29, 0.717) is 24.1 Å². The first kappa shape index (κ1) is 16.2. The largest absolute Gasteiger partial charge is 0.402 e.